The summed E-state index contributed by atoms with van der Waals surface area (Å²) >= 11 is 0. The van der Waals surface area contributed by atoms with Gasteiger partial charge in [0.1, 0.15) is 18.2 Å². The summed E-state index contributed by atoms with van der Waals surface area (Å²) in [6.45, 7) is 3.64. The molecule has 3 nitrogen and oxygen atoms in total. The second kappa shape index (κ2) is 6.98. The molecular weight excluding hydrogens is 317 g/mol. The van der Waals surface area contributed by atoms with Crippen LogP contribution in [0.25, 0.3) is 5.57 Å². The fourth-order valence-electron chi connectivity index (χ4n) is 3.74. The Morgan fingerprint density at radius 3 is 2.52 bits per heavy atom. The lowest BCUT2D eigenvalue weighted by Crippen LogP contribution is -2.26. The molecule has 0 bridgehead atoms. The van der Waals surface area contributed by atoms with Crippen molar-refractivity contribution in [1.29, 1.82) is 0 Å². The Balaban J connectivity index is 1.82. The van der Waals surface area contributed by atoms with Crippen molar-refractivity contribution < 1.29 is 14.2 Å². The van der Waals surface area contributed by atoms with Crippen molar-refractivity contribution in [2.75, 3.05) is 26.2 Å². The number of fused-ring (bicyclic) bond motifs is 1. The first-order valence-electron chi connectivity index (χ1n) is 8.82. The van der Waals surface area contributed by atoms with Gasteiger partial charge in [-0.05, 0) is 72.5 Å². The third-order valence-corrected chi connectivity index (χ3v) is 5.00. The van der Waals surface area contributed by atoms with Crippen LogP contribution in [0.2, 0.25) is 0 Å². The summed E-state index contributed by atoms with van der Waals surface area (Å²) in [5.41, 5.74) is 5.16. The number of likely N-dealkylation sites (tertiary alicyclic amines) is 1. The molecule has 0 atom stereocenters. The predicted octanol–water partition coefficient (Wildman–Crippen LogP) is 3.61. The van der Waals surface area contributed by atoms with Crippen molar-refractivity contribution in [1.82, 2.24) is 4.90 Å². The fourth-order valence-corrected chi connectivity index (χ4v) is 3.74. The normalized spacial score (nSPS) is 17.5. The molecule has 0 aliphatic carbocycles. The lowest BCUT2D eigenvalue weighted by Gasteiger charge is -2.27. The van der Waals surface area contributed by atoms with Gasteiger partial charge in [-0.15, -0.1) is 0 Å². The first kappa shape index (κ1) is 16.3. The van der Waals surface area contributed by atoms with Crippen LogP contribution in [0.1, 0.15) is 29.5 Å². The molecule has 0 spiro atoms. The SMILES string of the molecule is OCc1ccc2c(c1)C(c1ccc(F)cc1)=C(CN1CCCC1)CO2. The highest BCUT2D eigenvalue weighted by atomic mass is 19.1. The van der Waals surface area contributed by atoms with E-state index in [1.54, 1.807) is 0 Å². The van der Waals surface area contributed by atoms with Crippen molar-refractivity contribution in [3.8, 4) is 5.75 Å². The first-order chi connectivity index (χ1) is 12.2. The van der Waals surface area contributed by atoms with Gasteiger partial charge in [0.05, 0.1) is 6.61 Å². The smallest absolute Gasteiger partial charge is 0.127 e. The molecule has 1 saturated heterocycles. The number of ether oxygens (including phenoxy) is 1. The Morgan fingerprint density at radius 2 is 1.80 bits per heavy atom. The van der Waals surface area contributed by atoms with Gasteiger partial charge >= 0.3 is 0 Å². The van der Waals surface area contributed by atoms with Gasteiger partial charge in [-0.1, -0.05) is 18.2 Å². The van der Waals surface area contributed by atoms with Gasteiger partial charge < -0.3 is 9.84 Å². The lowest BCUT2D eigenvalue weighted by molar-refractivity contribution is 0.281. The summed E-state index contributed by atoms with van der Waals surface area (Å²) in [4.78, 5) is 2.45. The third-order valence-electron chi connectivity index (χ3n) is 5.00. The van der Waals surface area contributed by atoms with E-state index in [-0.39, 0.29) is 12.4 Å². The number of halogens is 1. The van der Waals surface area contributed by atoms with Gasteiger partial charge in [0, 0.05) is 12.1 Å². The summed E-state index contributed by atoms with van der Waals surface area (Å²) in [5.74, 6) is 0.587. The molecule has 0 radical (unpaired) electrons. The van der Waals surface area contributed by atoms with Crippen molar-refractivity contribution in [2.45, 2.75) is 19.4 Å². The summed E-state index contributed by atoms with van der Waals surface area (Å²) < 4.78 is 19.4. The molecule has 2 aliphatic heterocycles. The quantitative estimate of drug-likeness (QED) is 0.924. The van der Waals surface area contributed by atoms with Gasteiger partial charge in [0.15, 0.2) is 0 Å². The molecule has 1 fully saturated rings. The van der Waals surface area contributed by atoms with Crippen LogP contribution >= 0.6 is 0 Å². The minimum absolute atomic E-state index is 0.00850. The summed E-state index contributed by atoms with van der Waals surface area (Å²) in [6.07, 6.45) is 2.48. The molecule has 2 aromatic rings. The van der Waals surface area contributed by atoms with Crippen LogP contribution in [0.3, 0.4) is 0 Å². The second-order valence-corrected chi connectivity index (χ2v) is 6.75. The highest BCUT2D eigenvalue weighted by Gasteiger charge is 2.24. The van der Waals surface area contributed by atoms with Crippen LogP contribution in [-0.2, 0) is 6.61 Å². The molecule has 25 heavy (non-hydrogen) atoms. The number of aliphatic hydroxyl groups excluding tert-OH is 1. The third kappa shape index (κ3) is 3.32. The minimum Gasteiger partial charge on any atom is -0.489 e. The lowest BCUT2D eigenvalue weighted by atomic mass is 9.89. The van der Waals surface area contributed by atoms with E-state index in [2.05, 4.69) is 4.90 Å². The van der Waals surface area contributed by atoms with Crippen LogP contribution in [0.15, 0.2) is 48.0 Å². The maximum Gasteiger partial charge on any atom is 0.127 e. The molecule has 2 aliphatic rings. The Bertz CT molecular complexity index is 792. The Kier molecular flexibility index (Phi) is 4.55. The molecule has 4 heteroatoms. The number of nitrogens with zero attached hydrogens (tertiary/aromatic N) is 1. The maximum absolute atomic E-state index is 13.4. The zero-order chi connectivity index (χ0) is 17.2. The summed E-state index contributed by atoms with van der Waals surface area (Å²) in [5, 5.41) is 9.51. The monoisotopic (exact) mass is 339 g/mol. The highest BCUT2D eigenvalue weighted by Crippen LogP contribution is 2.38. The standard InChI is InChI=1S/C21H22FNO2/c22-18-6-4-16(5-7-18)21-17(12-23-9-1-2-10-23)14-25-20-8-3-15(13-24)11-19(20)21/h3-8,11,24H,1-2,9-10,12-14H2. The van der Waals surface area contributed by atoms with E-state index in [1.165, 1.54) is 30.5 Å². The first-order valence-corrected chi connectivity index (χ1v) is 8.82. The number of rotatable bonds is 4. The summed E-state index contributed by atoms with van der Waals surface area (Å²) in [7, 11) is 0. The average Bonchev–Trinajstić information content (AvgIpc) is 3.15. The molecule has 1 N–H and O–H groups in total. The van der Waals surface area contributed by atoms with Crippen molar-refractivity contribution in [2.24, 2.45) is 0 Å². The topological polar surface area (TPSA) is 32.7 Å². The molecule has 0 amide bonds. The molecule has 130 valence electrons. The Morgan fingerprint density at radius 1 is 1.04 bits per heavy atom. The van der Waals surface area contributed by atoms with E-state index in [4.69, 9.17) is 4.74 Å². The number of hydrogen-bond acceptors (Lipinski definition) is 3. The van der Waals surface area contributed by atoms with E-state index in [9.17, 15) is 9.50 Å². The van der Waals surface area contributed by atoms with Gasteiger partial charge in [-0.3, -0.25) is 4.90 Å². The van der Waals surface area contributed by atoms with Gasteiger partial charge in [0.2, 0.25) is 0 Å². The summed E-state index contributed by atoms with van der Waals surface area (Å²) in [6, 6.07) is 12.4. The highest BCUT2D eigenvalue weighted by molar-refractivity contribution is 5.86. The van der Waals surface area contributed by atoms with Crippen LogP contribution < -0.4 is 4.74 Å². The maximum atomic E-state index is 13.4. The molecular formula is C21H22FNO2. The van der Waals surface area contributed by atoms with Gasteiger partial charge in [-0.25, -0.2) is 4.39 Å². The fraction of sp³-hybridized carbons (Fsp3) is 0.333. The largest absolute Gasteiger partial charge is 0.489 e. The van der Waals surface area contributed by atoms with Gasteiger partial charge in [-0.2, -0.15) is 0 Å². The zero-order valence-corrected chi connectivity index (χ0v) is 14.2. The van der Waals surface area contributed by atoms with Crippen molar-refractivity contribution in [3.63, 3.8) is 0 Å². The van der Waals surface area contributed by atoms with E-state index in [0.29, 0.717) is 6.61 Å². The number of benzene rings is 2. The number of hydrogen-bond donors (Lipinski definition) is 1. The van der Waals surface area contributed by atoms with Crippen LogP contribution in [0, 0.1) is 5.82 Å². The van der Waals surface area contributed by atoms with E-state index < -0.39 is 0 Å². The van der Waals surface area contributed by atoms with Crippen LogP contribution in [-0.4, -0.2) is 36.2 Å². The molecule has 0 aromatic heterocycles. The molecule has 0 unspecified atom stereocenters. The minimum atomic E-state index is -0.234. The van der Waals surface area contributed by atoms with Gasteiger partial charge in [0.25, 0.3) is 0 Å². The van der Waals surface area contributed by atoms with Crippen molar-refractivity contribution >= 4 is 5.57 Å². The Hall–Kier alpha value is -2.17. The molecule has 0 saturated carbocycles. The Labute approximate surface area is 147 Å². The van der Waals surface area contributed by atoms with Crippen molar-refractivity contribution in [3.05, 3.63) is 70.5 Å². The van der Waals surface area contributed by atoms with Crippen LogP contribution in [0.4, 0.5) is 4.39 Å². The van der Waals surface area contributed by atoms with Crippen LogP contribution in [0.5, 0.6) is 5.75 Å². The molecule has 2 aromatic carbocycles. The van der Waals surface area contributed by atoms with E-state index in [1.807, 2.05) is 30.3 Å². The van der Waals surface area contributed by atoms with E-state index >= 15 is 0 Å². The number of aliphatic hydroxyl groups is 1. The molecule has 2 heterocycles. The average molecular weight is 339 g/mol. The second-order valence-electron chi connectivity index (χ2n) is 6.75. The zero-order valence-electron chi connectivity index (χ0n) is 14.2. The predicted molar refractivity (Wildman–Crippen MR) is 96.0 cm³/mol. The molecule has 4 rings (SSSR count). The van der Waals surface area contributed by atoms with E-state index in [0.717, 1.165) is 47.6 Å².